The first-order valence-corrected chi connectivity index (χ1v) is 7.23. The van der Waals surface area contributed by atoms with E-state index in [-0.39, 0.29) is 16.5 Å². The molecule has 0 fully saturated rings. The van der Waals surface area contributed by atoms with Crippen molar-refractivity contribution in [2.75, 3.05) is 11.1 Å². The van der Waals surface area contributed by atoms with Gasteiger partial charge in [0.1, 0.15) is 5.82 Å². The Bertz CT molecular complexity index is 417. The van der Waals surface area contributed by atoms with Gasteiger partial charge in [0.15, 0.2) is 0 Å². The molecule has 0 saturated carbocycles. The Morgan fingerprint density at radius 1 is 1.47 bits per heavy atom. The number of nitrogens with one attached hydrogen (secondary N) is 1. The van der Waals surface area contributed by atoms with Crippen LogP contribution in [0.15, 0.2) is 18.2 Å². The van der Waals surface area contributed by atoms with Crippen LogP contribution in [0.4, 0.5) is 10.1 Å². The van der Waals surface area contributed by atoms with Gasteiger partial charge in [-0.25, -0.2) is 4.39 Å². The van der Waals surface area contributed by atoms with Crippen molar-refractivity contribution in [3.05, 3.63) is 27.6 Å². The van der Waals surface area contributed by atoms with Gasteiger partial charge in [-0.1, -0.05) is 20.8 Å². The van der Waals surface area contributed by atoms with Crippen molar-refractivity contribution in [3.8, 4) is 0 Å². The van der Waals surface area contributed by atoms with Crippen LogP contribution in [0.1, 0.15) is 20.8 Å². The van der Waals surface area contributed by atoms with Crippen molar-refractivity contribution in [2.24, 2.45) is 0 Å². The molecule has 0 heterocycles. The van der Waals surface area contributed by atoms with Gasteiger partial charge in [0, 0.05) is 8.32 Å². The highest BCUT2D eigenvalue weighted by Crippen LogP contribution is 2.24. The van der Waals surface area contributed by atoms with E-state index in [1.165, 1.54) is 12.1 Å². The zero-order chi connectivity index (χ0) is 13.1. The van der Waals surface area contributed by atoms with E-state index in [0.29, 0.717) is 15.0 Å². The van der Waals surface area contributed by atoms with Gasteiger partial charge >= 0.3 is 0 Å². The smallest absolute Gasteiger partial charge is 0.234 e. The molecule has 0 aromatic heterocycles. The summed E-state index contributed by atoms with van der Waals surface area (Å²) in [6.45, 7) is 6.19. The van der Waals surface area contributed by atoms with Crippen LogP contribution in [0, 0.1) is 9.39 Å². The predicted molar refractivity (Wildman–Crippen MR) is 80.0 cm³/mol. The quantitative estimate of drug-likeness (QED) is 0.821. The van der Waals surface area contributed by atoms with Gasteiger partial charge < -0.3 is 5.32 Å². The number of amides is 1. The van der Waals surface area contributed by atoms with Gasteiger partial charge in [0.2, 0.25) is 5.91 Å². The van der Waals surface area contributed by atoms with E-state index in [9.17, 15) is 9.18 Å². The molecular weight excluding hydrogens is 352 g/mol. The zero-order valence-corrected chi connectivity index (χ0v) is 13.0. The molecule has 1 aromatic carbocycles. The molecule has 2 nitrogen and oxygen atoms in total. The van der Waals surface area contributed by atoms with Crippen molar-refractivity contribution in [1.29, 1.82) is 0 Å². The molecule has 0 spiro atoms. The highest BCUT2D eigenvalue weighted by atomic mass is 127. The van der Waals surface area contributed by atoms with Crippen molar-refractivity contribution >= 4 is 45.9 Å². The molecule has 0 radical (unpaired) electrons. The third-order valence-electron chi connectivity index (χ3n) is 1.84. The summed E-state index contributed by atoms with van der Waals surface area (Å²) in [6, 6.07) is 4.32. The predicted octanol–water partition coefficient (Wildman–Crippen LogP) is 3.90. The Morgan fingerprint density at radius 2 is 2.12 bits per heavy atom. The molecule has 0 aliphatic rings. The minimum Gasteiger partial charge on any atom is -0.324 e. The lowest BCUT2D eigenvalue weighted by Gasteiger charge is -2.17. The summed E-state index contributed by atoms with van der Waals surface area (Å²) in [5, 5.41) is 2.78. The van der Waals surface area contributed by atoms with E-state index in [0.717, 1.165) is 0 Å². The van der Waals surface area contributed by atoms with E-state index in [4.69, 9.17) is 0 Å². The van der Waals surface area contributed by atoms with E-state index in [1.54, 1.807) is 17.8 Å². The van der Waals surface area contributed by atoms with Crippen LogP contribution in [0.2, 0.25) is 0 Å². The Morgan fingerprint density at radius 3 is 2.65 bits per heavy atom. The van der Waals surface area contributed by atoms with Gasteiger partial charge in [-0.15, -0.1) is 11.8 Å². The SMILES string of the molecule is CC(C)(C)SCC(=O)Nc1ccc(F)cc1I. The minimum absolute atomic E-state index is 0.0607. The zero-order valence-electron chi connectivity index (χ0n) is 10.0. The fraction of sp³-hybridized carbons (Fsp3) is 0.417. The van der Waals surface area contributed by atoms with E-state index < -0.39 is 0 Å². The molecule has 1 aromatic rings. The standard InChI is InChI=1S/C12H15FINOS/c1-12(2,3)17-7-11(16)15-10-5-4-8(13)6-9(10)14/h4-6H,7H2,1-3H3,(H,15,16). The summed E-state index contributed by atoms with van der Waals surface area (Å²) in [7, 11) is 0. The summed E-state index contributed by atoms with van der Waals surface area (Å²) >= 11 is 3.58. The van der Waals surface area contributed by atoms with Gasteiger partial charge in [-0.05, 0) is 40.8 Å². The lowest BCUT2D eigenvalue weighted by Crippen LogP contribution is -2.19. The molecular formula is C12H15FINOS. The normalized spacial score (nSPS) is 11.4. The number of halogens is 2. The van der Waals surface area contributed by atoms with Crippen LogP contribution < -0.4 is 5.32 Å². The maximum absolute atomic E-state index is 12.9. The summed E-state index contributed by atoms with van der Waals surface area (Å²) < 4.78 is 13.6. The maximum atomic E-state index is 12.9. The number of carbonyl (C=O) groups excluding carboxylic acids is 1. The lowest BCUT2D eigenvalue weighted by atomic mass is 10.3. The fourth-order valence-electron chi connectivity index (χ4n) is 1.06. The average Bonchev–Trinajstić information content (AvgIpc) is 2.18. The number of carbonyl (C=O) groups is 1. The molecule has 0 atom stereocenters. The molecule has 0 aliphatic heterocycles. The van der Waals surface area contributed by atoms with Gasteiger partial charge in [-0.3, -0.25) is 4.79 Å². The van der Waals surface area contributed by atoms with Crippen molar-refractivity contribution in [1.82, 2.24) is 0 Å². The highest BCUT2D eigenvalue weighted by Gasteiger charge is 2.14. The molecule has 0 saturated heterocycles. The van der Waals surface area contributed by atoms with Gasteiger partial charge in [-0.2, -0.15) is 0 Å². The largest absolute Gasteiger partial charge is 0.324 e. The van der Waals surface area contributed by atoms with Crippen LogP contribution in [0.3, 0.4) is 0 Å². The lowest BCUT2D eigenvalue weighted by molar-refractivity contribution is -0.113. The van der Waals surface area contributed by atoms with E-state index in [1.807, 2.05) is 22.6 Å². The van der Waals surface area contributed by atoms with Crippen LogP contribution in [0.5, 0.6) is 0 Å². The van der Waals surface area contributed by atoms with Gasteiger partial charge in [0.25, 0.3) is 0 Å². The Balaban J connectivity index is 2.57. The molecule has 0 aliphatic carbocycles. The number of hydrogen-bond acceptors (Lipinski definition) is 2. The number of benzene rings is 1. The van der Waals surface area contributed by atoms with Crippen molar-refractivity contribution < 1.29 is 9.18 Å². The van der Waals surface area contributed by atoms with Crippen LogP contribution in [-0.2, 0) is 4.79 Å². The summed E-state index contributed by atoms with van der Waals surface area (Å²) in [6.07, 6.45) is 0. The van der Waals surface area contributed by atoms with E-state index >= 15 is 0 Å². The first-order valence-electron chi connectivity index (χ1n) is 5.17. The molecule has 94 valence electrons. The minimum atomic E-state index is -0.295. The molecule has 0 unspecified atom stereocenters. The first kappa shape index (κ1) is 14.8. The summed E-state index contributed by atoms with van der Waals surface area (Å²) in [5.74, 6) is 0.0441. The third-order valence-corrected chi connectivity index (χ3v) is 4.01. The number of thioether (sulfide) groups is 1. The second kappa shape index (κ2) is 6.04. The van der Waals surface area contributed by atoms with Crippen LogP contribution >= 0.6 is 34.4 Å². The number of hydrogen-bond donors (Lipinski definition) is 1. The third kappa shape index (κ3) is 5.72. The Hall–Kier alpha value is -0.300. The molecule has 0 bridgehead atoms. The molecule has 17 heavy (non-hydrogen) atoms. The molecule has 1 amide bonds. The Kier molecular flexibility index (Phi) is 5.24. The van der Waals surface area contributed by atoms with E-state index in [2.05, 4.69) is 26.1 Å². The fourth-order valence-corrected chi connectivity index (χ4v) is 2.31. The first-order chi connectivity index (χ1) is 7.78. The maximum Gasteiger partial charge on any atom is 0.234 e. The molecule has 1 rings (SSSR count). The monoisotopic (exact) mass is 367 g/mol. The average molecular weight is 367 g/mol. The Labute approximate surface area is 119 Å². The van der Waals surface area contributed by atoms with Crippen molar-refractivity contribution in [2.45, 2.75) is 25.5 Å². The summed E-state index contributed by atoms with van der Waals surface area (Å²) in [4.78, 5) is 11.7. The second-order valence-corrected chi connectivity index (χ2v) is 7.54. The molecule has 1 N–H and O–H groups in total. The number of rotatable bonds is 3. The highest BCUT2D eigenvalue weighted by molar-refractivity contribution is 14.1. The summed E-state index contributed by atoms with van der Waals surface area (Å²) in [5.41, 5.74) is 0.659. The molecule has 5 heteroatoms. The number of anilines is 1. The second-order valence-electron chi connectivity index (χ2n) is 4.57. The van der Waals surface area contributed by atoms with Crippen LogP contribution in [-0.4, -0.2) is 16.4 Å². The van der Waals surface area contributed by atoms with Crippen molar-refractivity contribution in [3.63, 3.8) is 0 Å². The topological polar surface area (TPSA) is 29.1 Å². The van der Waals surface area contributed by atoms with Crippen LogP contribution in [0.25, 0.3) is 0 Å². The van der Waals surface area contributed by atoms with Gasteiger partial charge in [0.05, 0.1) is 11.4 Å².